The standard InChI is InChI=1S/C34H42N10O7/c1-19-30(46)43-26(32(48)40-11-9-36)14-20-3-5-27(45)23(13-20)24-15-21(4-6-28(24)51-12-10-37)29(33(49)41-19)44(2)34(50)25(7-8-35)42-31(47)22-16-38-18-39-17-22/h3-6,13,15-17,19,25-26,29,38,45H,7-8,10-12,14,18,35,37H2,1-2H3,(H,40,48)(H,41,49)(H,42,47)(H,43,46)/t19-,25-,26-,29-/m1/s1. The number of carbonyl (C=O) groups excluding carboxylic acids is 5. The number of aliphatic imine (C=N–C) groups is 1. The van der Waals surface area contributed by atoms with Gasteiger partial charge in [-0.2, -0.15) is 5.26 Å². The molecule has 0 spiro atoms. The molecule has 0 saturated heterocycles. The van der Waals surface area contributed by atoms with E-state index in [1.165, 1.54) is 32.5 Å². The van der Waals surface area contributed by atoms with Crippen molar-refractivity contribution in [2.24, 2.45) is 16.5 Å². The third-order valence-electron chi connectivity index (χ3n) is 8.19. The number of hydrogen-bond donors (Lipinski definition) is 8. The Bertz CT molecular complexity index is 1750. The lowest BCUT2D eigenvalue weighted by Gasteiger charge is -2.32. The maximum atomic E-state index is 14.2. The van der Waals surface area contributed by atoms with Gasteiger partial charge >= 0.3 is 0 Å². The van der Waals surface area contributed by atoms with E-state index in [4.69, 9.17) is 21.5 Å². The molecule has 0 aromatic heterocycles. The molecule has 0 saturated carbocycles. The van der Waals surface area contributed by atoms with E-state index in [1.807, 2.05) is 6.07 Å². The molecule has 2 aliphatic heterocycles. The minimum Gasteiger partial charge on any atom is -0.507 e. The van der Waals surface area contributed by atoms with E-state index in [-0.39, 0.29) is 61.5 Å². The van der Waals surface area contributed by atoms with Gasteiger partial charge < -0.3 is 52.8 Å². The van der Waals surface area contributed by atoms with Gasteiger partial charge in [0.2, 0.25) is 23.6 Å². The number of ether oxygens (including phenoxy) is 1. The summed E-state index contributed by atoms with van der Waals surface area (Å²) in [7, 11) is 1.38. The van der Waals surface area contributed by atoms with Crippen molar-refractivity contribution in [3.05, 3.63) is 59.3 Å². The summed E-state index contributed by atoms with van der Waals surface area (Å²) in [6.07, 6.45) is 2.84. The minimum atomic E-state index is -1.38. The van der Waals surface area contributed by atoms with E-state index >= 15 is 0 Å². The van der Waals surface area contributed by atoms with Crippen LogP contribution in [0.25, 0.3) is 11.1 Å². The van der Waals surface area contributed by atoms with Crippen molar-refractivity contribution in [2.45, 2.75) is 43.9 Å². The van der Waals surface area contributed by atoms with Gasteiger partial charge in [0.05, 0.1) is 11.6 Å². The number of aromatic hydroxyl groups is 1. The summed E-state index contributed by atoms with van der Waals surface area (Å²) in [6, 6.07) is 6.29. The highest BCUT2D eigenvalue weighted by Crippen LogP contribution is 2.39. The van der Waals surface area contributed by atoms with Crippen LogP contribution < -0.4 is 42.8 Å². The van der Waals surface area contributed by atoms with E-state index in [2.05, 4.69) is 31.6 Å². The summed E-state index contributed by atoms with van der Waals surface area (Å²) in [6.45, 7) is 1.74. The maximum Gasteiger partial charge on any atom is 0.254 e. The van der Waals surface area contributed by atoms with Gasteiger partial charge in [-0.1, -0.05) is 12.1 Å². The lowest BCUT2D eigenvalue weighted by Crippen LogP contribution is -2.56. The largest absolute Gasteiger partial charge is 0.507 e. The van der Waals surface area contributed by atoms with Crippen molar-refractivity contribution >= 4 is 35.8 Å². The molecule has 2 heterocycles. The molecule has 5 amide bonds. The Hall–Kier alpha value is -5.99. The SMILES string of the molecule is C[C@H]1NC(=O)[C@H](N(C)C(=O)[C@@H](CCN)NC(=O)C2=CNCN=C2)c2ccc(OCCN)c(c2)-c2cc(ccc2O)C[C@H](C(=O)NCC#N)NC1=O. The molecule has 17 heteroatoms. The van der Waals surface area contributed by atoms with Gasteiger partial charge in [0, 0.05) is 43.6 Å². The average molecular weight is 703 g/mol. The number of carbonyl (C=O) groups is 5. The first-order valence-electron chi connectivity index (χ1n) is 16.2. The molecule has 0 aliphatic carbocycles. The number of nitrogens with one attached hydrogen (secondary N) is 5. The Labute approximate surface area is 294 Å². The third kappa shape index (κ3) is 9.38. The van der Waals surface area contributed by atoms with Crippen LogP contribution >= 0.6 is 0 Å². The molecular formula is C34H42N10O7. The van der Waals surface area contributed by atoms with Crippen LogP contribution in [0.1, 0.15) is 30.5 Å². The lowest BCUT2D eigenvalue weighted by atomic mass is 9.93. The van der Waals surface area contributed by atoms with Crippen LogP contribution in [-0.4, -0.2) is 104 Å². The summed E-state index contributed by atoms with van der Waals surface area (Å²) >= 11 is 0. The molecule has 2 aromatic rings. The molecule has 0 radical (unpaired) electrons. The van der Waals surface area contributed by atoms with Gasteiger partial charge in [0.25, 0.3) is 5.91 Å². The third-order valence-corrected chi connectivity index (χ3v) is 8.19. The minimum absolute atomic E-state index is 0.0252. The number of amides is 5. The van der Waals surface area contributed by atoms with E-state index in [0.29, 0.717) is 23.5 Å². The molecule has 4 rings (SSSR count). The quantitative estimate of drug-likeness (QED) is 0.124. The molecular weight excluding hydrogens is 660 g/mol. The second kappa shape index (κ2) is 17.6. The number of phenols is 1. The molecule has 4 atom stereocenters. The van der Waals surface area contributed by atoms with Crippen molar-refractivity contribution in [3.63, 3.8) is 0 Å². The fourth-order valence-corrected chi connectivity index (χ4v) is 5.60. The molecule has 4 bridgehead atoms. The predicted molar refractivity (Wildman–Crippen MR) is 186 cm³/mol. The van der Waals surface area contributed by atoms with E-state index in [0.717, 1.165) is 4.90 Å². The van der Waals surface area contributed by atoms with Crippen LogP contribution in [0.3, 0.4) is 0 Å². The van der Waals surface area contributed by atoms with E-state index in [1.54, 1.807) is 30.3 Å². The van der Waals surface area contributed by atoms with Crippen molar-refractivity contribution in [1.82, 2.24) is 31.5 Å². The Balaban J connectivity index is 1.83. The normalized spacial score (nSPS) is 19.0. The summed E-state index contributed by atoms with van der Waals surface area (Å²) in [5, 5.41) is 33.3. The summed E-state index contributed by atoms with van der Waals surface area (Å²) in [5.74, 6) is -3.20. The molecule has 0 unspecified atom stereocenters. The molecule has 17 nitrogen and oxygen atoms in total. The number of rotatable bonds is 11. The summed E-state index contributed by atoms with van der Waals surface area (Å²) in [4.78, 5) is 72.9. The lowest BCUT2D eigenvalue weighted by molar-refractivity contribution is -0.142. The average Bonchev–Trinajstić information content (AvgIpc) is 3.13. The second-order valence-electron chi connectivity index (χ2n) is 11.8. The van der Waals surface area contributed by atoms with E-state index in [9.17, 15) is 29.1 Å². The zero-order valence-corrected chi connectivity index (χ0v) is 28.3. The topological polar surface area (TPSA) is 266 Å². The fourth-order valence-electron chi connectivity index (χ4n) is 5.60. The summed E-state index contributed by atoms with van der Waals surface area (Å²) < 4.78 is 5.91. The van der Waals surface area contributed by atoms with Crippen LogP contribution in [0.15, 0.2) is 53.2 Å². The zero-order chi connectivity index (χ0) is 37.1. The van der Waals surface area contributed by atoms with Crippen molar-refractivity contribution < 1.29 is 33.8 Å². The van der Waals surface area contributed by atoms with Crippen LogP contribution in [0.5, 0.6) is 11.5 Å². The monoisotopic (exact) mass is 702 g/mol. The zero-order valence-electron chi connectivity index (χ0n) is 28.3. The van der Waals surface area contributed by atoms with E-state index < -0.39 is 53.7 Å². The van der Waals surface area contributed by atoms with Crippen molar-refractivity contribution in [1.29, 1.82) is 5.26 Å². The highest BCUT2D eigenvalue weighted by molar-refractivity contribution is 6.13. The Morgan fingerprint density at radius 3 is 2.59 bits per heavy atom. The molecule has 0 fully saturated rings. The number of nitrogens with two attached hydrogens (primary N) is 2. The van der Waals surface area contributed by atoms with Crippen molar-refractivity contribution in [2.75, 3.05) is 40.0 Å². The first kappa shape index (κ1) is 37.8. The number of phenolic OH excluding ortho intramolecular Hbond substituents is 1. The Kier molecular flexibility index (Phi) is 13.1. The second-order valence-corrected chi connectivity index (χ2v) is 11.8. The smallest absolute Gasteiger partial charge is 0.254 e. The highest BCUT2D eigenvalue weighted by Gasteiger charge is 2.36. The number of fused-ring (bicyclic) bond motifs is 5. The molecule has 2 aromatic carbocycles. The number of nitrogens with zero attached hydrogens (tertiary/aromatic N) is 3. The van der Waals surface area contributed by atoms with Gasteiger partial charge in [0.1, 0.15) is 55.5 Å². The Morgan fingerprint density at radius 1 is 1.12 bits per heavy atom. The molecule has 10 N–H and O–H groups in total. The molecule has 270 valence electrons. The van der Waals surface area contributed by atoms with Gasteiger partial charge in [-0.05, 0) is 55.3 Å². The number of likely N-dealkylation sites (N-methyl/N-ethyl adjacent to an activating group) is 1. The van der Waals surface area contributed by atoms with Gasteiger partial charge in [-0.15, -0.1) is 0 Å². The van der Waals surface area contributed by atoms with Gasteiger partial charge in [-0.3, -0.25) is 29.0 Å². The first-order valence-corrected chi connectivity index (χ1v) is 16.2. The number of hydrogen-bond acceptors (Lipinski definition) is 12. The predicted octanol–water partition coefficient (Wildman–Crippen LogP) is -1.57. The molecule has 2 aliphatic rings. The Morgan fingerprint density at radius 2 is 1.90 bits per heavy atom. The number of benzene rings is 2. The van der Waals surface area contributed by atoms with Crippen LogP contribution in [0, 0.1) is 11.3 Å². The first-order chi connectivity index (χ1) is 24.5. The maximum absolute atomic E-state index is 14.2. The van der Waals surface area contributed by atoms with Crippen LogP contribution in [0.2, 0.25) is 0 Å². The van der Waals surface area contributed by atoms with Gasteiger partial charge in [-0.25, -0.2) is 0 Å². The van der Waals surface area contributed by atoms with Crippen LogP contribution in [0.4, 0.5) is 0 Å². The fraction of sp³-hybridized carbons (Fsp3) is 0.382. The molecule has 51 heavy (non-hydrogen) atoms. The number of nitriles is 1. The van der Waals surface area contributed by atoms with Gasteiger partial charge in [0.15, 0.2) is 0 Å². The summed E-state index contributed by atoms with van der Waals surface area (Å²) in [5.41, 5.74) is 13.2. The highest BCUT2D eigenvalue weighted by atomic mass is 16.5. The van der Waals surface area contributed by atoms with Crippen molar-refractivity contribution in [3.8, 4) is 28.7 Å². The van der Waals surface area contributed by atoms with Crippen LogP contribution in [-0.2, 0) is 30.4 Å².